The number of para-hydroxylation sites is 1. The molecule has 0 unspecified atom stereocenters. The van der Waals surface area contributed by atoms with E-state index in [1.54, 1.807) is 30.3 Å². The number of aryl methyl sites for hydroxylation is 1. The lowest BCUT2D eigenvalue weighted by Gasteiger charge is -2.08. The number of rotatable bonds is 3. The van der Waals surface area contributed by atoms with Crippen LogP contribution in [0, 0.1) is 6.92 Å². The molecule has 1 N–H and O–H groups in total. The maximum atomic E-state index is 12.8. The number of methoxy groups -OCH3 is 1. The molecule has 1 amide bonds. The van der Waals surface area contributed by atoms with Gasteiger partial charge in [-0.3, -0.25) is 4.79 Å². The number of hydrogen-bond acceptors (Lipinski definition) is 6. The number of ether oxygens (including phenoxy) is 1. The summed E-state index contributed by atoms with van der Waals surface area (Å²) in [5.74, 6) is -0.966. The van der Waals surface area contributed by atoms with Gasteiger partial charge in [0.1, 0.15) is 5.58 Å². The fraction of sp³-hybridized carbons (Fsp3) is 0.0952. The minimum absolute atomic E-state index is 0.250. The number of anilines is 1. The summed E-state index contributed by atoms with van der Waals surface area (Å²) < 4.78 is 10.8. The molecule has 4 aromatic rings. The first-order valence-electron chi connectivity index (χ1n) is 8.43. The molecule has 0 aliphatic heterocycles. The lowest BCUT2D eigenvalue weighted by Crippen LogP contribution is -2.14. The lowest BCUT2D eigenvalue weighted by atomic mass is 10.1. The van der Waals surface area contributed by atoms with Gasteiger partial charge in [-0.1, -0.05) is 23.8 Å². The highest BCUT2D eigenvalue weighted by atomic mass is 32.1. The van der Waals surface area contributed by atoms with Crippen LogP contribution in [0.5, 0.6) is 0 Å². The van der Waals surface area contributed by atoms with E-state index in [2.05, 4.69) is 5.32 Å². The van der Waals surface area contributed by atoms with Crippen LogP contribution in [0.15, 0.2) is 57.7 Å². The highest BCUT2D eigenvalue weighted by Gasteiger charge is 2.18. The standard InChI is InChI=1S/C21H15NO5S/c1-11-7-8-16-13(9-11)18-14(21(25)27-16)10-17(28-18)19(23)22-15-6-4-3-5-12(15)20(24)26-2/h3-10H,1-2H3,(H,22,23). The Morgan fingerprint density at radius 2 is 1.86 bits per heavy atom. The van der Waals surface area contributed by atoms with Crippen molar-refractivity contribution in [2.75, 3.05) is 12.4 Å². The van der Waals surface area contributed by atoms with Crippen molar-refractivity contribution in [2.45, 2.75) is 6.92 Å². The number of carbonyl (C=O) groups is 2. The fourth-order valence-corrected chi connectivity index (χ4v) is 4.05. The number of esters is 1. The van der Waals surface area contributed by atoms with Crippen LogP contribution in [0.4, 0.5) is 5.69 Å². The van der Waals surface area contributed by atoms with Gasteiger partial charge in [-0.25, -0.2) is 9.59 Å². The van der Waals surface area contributed by atoms with Gasteiger partial charge in [0.15, 0.2) is 0 Å². The fourth-order valence-electron chi connectivity index (χ4n) is 2.98. The Hall–Kier alpha value is -3.45. The van der Waals surface area contributed by atoms with Crippen LogP contribution in [0.25, 0.3) is 21.1 Å². The molecule has 0 bridgehead atoms. The zero-order valence-electron chi connectivity index (χ0n) is 15.1. The summed E-state index contributed by atoms with van der Waals surface area (Å²) in [6.07, 6.45) is 0. The van der Waals surface area contributed by atoms with Gasteiger partial charge in [-0.05, 0) is 37.3 Å². The largest absolute Gasteiger partial charge is 0.465 e. The molecule has 2 heterocycles. The van der Waals surface area contributed by atoms with Gasteiger partial charge in [-0.15, -0.1) is 11.3 Å². The molecule has 0 fully saturated rings. The third-order valence-electron chi connectivity index (χ3n) is 4.34. The van der Waals surface area contributed by atoms with Gasteiger partial charge >= 0.3 is 11.6 Å². The Bertz CT molecular complexity index is 1300. The second-order valence-electron chi connectivity index (χ2n) is 6.23. The molecule has 7 heteroatoms. The van der Waals surface area contributed by atoms with E-state index in [-0.39, 0.29) is 5.56 Å². The highest BCUT2D eigenvalue weighted by Crippen LogP contribution is 2.31. The summed E-state index contributed by atoms with van der Waals surface area (Å²) in [5.41, 5.74) is 1.60. The summed E-state index contributed by atoms with van der Waals surface area (Å²) in [7, 11) is 1.28. The van der Waals surface area contributed by atoms with Crippen molar-refractivity contribution in [3.05, 3.63) is 75.0 Å². The minimum atomic E-state index is -0.547. The van der Waals surface area contributed by atoms with E-state index in [1.807, 2.05) is 19.1 Å². The summed E-state index contributed by atoms with van der Waals surface area (Å²) in [6.45, 7) is 1.95. The van der Waals surface area contributed by atoms with Crippen molar-refractivity contribution < 1.29 is 18.7 Å². The summed E-state index contributed by atoms with van der Waals surface area (Å²) >= 11 is 1.21. The molecule has 0 saturated carbocycles. The van der Waals surface area contributed by atoms with E-state index >= 15 is 0 Å². The summed E-state index contributed by atoms with van der Waals surface area (Å²) in [4.78, 5) is 37.3. The minimum Gasteiger partial charge on any atom is -0.465 e. The Balaban J connectivity index is 1.78. The van der Waals surface area contributed by atoms with E-state index in [4.69, 9.17) is 9.15 Å². The van der Waals surface area contributed by atoms with Crippen molar-refractivity contribution in [1.82, 2.24) is 0 Å². The Morgan fingerprint density at radius 1 is 1.07 bits per heavy atom. The molecule has 0 radical (unpaired) electrons. The molecule has 2 aromatic heterocycles. The van der Waals surface area contributed by atoms with Crippen LogP contribution in [0.2, 0.25) is 0 Å². The first kappa shape index (κ1) is 17.9. The summed E-state index contributed by atoms with van der Waals surface area (Å²) in [5, 5.41) is 3.86. The first-order chi connectivity index (χ1) is 13.5. The number of hydrogen-bond donors (Lipinski definition) is 1. The lowest BCUT2D eigenvalue weighted by molar-refractivity contribution is 0.0602. The predicted octanol–water partition coefficient (Wildman–Crippen LogP) is 4.36. The maximum absolute atomic E-state index is 12.8. The van der Waals surface area contributed by atoms with E-state index in [9.17, 15) is 14.4 Å². The molecule has 4 rings (SSSR count). The van der Waals surface area contributed by atoms with Crippen LogP contribution in [0.3, 0.4) is 0 Å². The van der Waals surface area contributed by atoms with Crippen LogP contribution < -0.4 is 10.9 Å². The molecule has 0 aliphatic rings. The maximum Gasteiger partial charge on any atom is 0.345 e. The molecule has 0 saturated heterocycles. The molecule has 0 spiro atoms. The van der Waals surface area contributed by atoms with Crippen molar-refractivity contribution in [1.29, 1.82) is 0 Å². The van der Waals surface area contributed by atoms with E-state index in [0.717, 1.165) is 10.9 Å². The third-order valence-corrected chi connectivity index (χ3v) is 5.51. The SMILES string of the molecule is COC(=O)c1ccccc1NC(=O)c1cc2c(=O)oc3ccc(C)cc3c2s1. The molecule has 2 aromatic carbocycles. The van der Waals surface area contributed by atoms with E-state index < -0.39 is 17.5 Å². The van der Waals surface area contributed by atoms with Gasteiger partial charge in [-0.2, -0.15) is 0 Å². The Labute approximate surface area is 163 Å². The van der Waals surface area contributed by atoms with Crippen LogP contribution in [-0.4, -0.2) is 19.0 Å². The van der Waals surface area contributed by atoms with Crippen molar-refractivity contribution >= 4 is 50.0 Å². The molecule has 28 heavy (non-hydrogen) atoms. The number of amides is 1. The second kappa shape index (κ2) is 6.94. The number of thiophene rings is 1. The third kappa shape index (κ3) is 3.05. The molecular weight excluding hydrogens is 378 g/mol. The van der Waals surface area contributed by atoms with Gasteiger partial charge in [0.05, 0.1) is 33.3 Å². The summed E-state index contributed by atoms with van der Waals surface area (Å²) in [6, 6.07) is 13.6. The number of fused-ring (bicyclic) bond motifs is 3. The van der Waals surface area contributed by atoms with Gasteiger partial charge in [0.2, 0.25) is 0 Å². The predicted molar refractivity (Wildman–Crippen MR) is 108 cm³/mol. The number of benzene rings is 2. The van der Waals surface area contributed by atoms with Crippen molar-refractivity contribution in [3.8, 4) is 0 Å². The van der Waals surface area contributed by atoms with Gasteiger partial charge in [0.25, 0.3) is 5.91 Å². The van der Waals surface area contributed by atoms with Crippen LogP contribution in [-0.2, 0) is 4.74 Å². The molecule has 140 valence electrons. The zero-order chi connectivity index (χ0) is 19.8. The molecule has 0 atom stereocenters. The molecule has 0 aliphatic carbocycles. The quantitative estimate of drug-likeness (QED) is 0.413. The zero-order valence-corrected chi connectivity index (χ0v) is 15.9. The average molecular weight is 393 g/mol. The van der Waals surface area contributed by atoms with Gasteiger partial charge in [0, 0.05) is 5.39 Å². The molecule has 6 nitrogen and oxygen atoms in total. The van der Waals surface area contributed by atoms with Crippen molar-refractivity contribution in [2.24, 2.45) is 0 Å². The monoisotopic (exact) mass is 393 g/mol. The van der Waals surface area contributed by atoms with Gasteiger partial charge < -0.3 is 14.5 Å². The Kier molecular flexibility index (Phi) is 4.44. The van der Waals surface area contributed by atoms with Crippen LogP contribution in [0.1, 0.15) is 25.6 Å². The normalized spacial score (nSPS) is 10.9. The molecular formula is C21H15NO5S. The van der Waals surface area contributed by atoms with Crippen molar-refractivity contribution in [3.63, 3.8) is 0 Å². The topological polar surface area (TPSA) is 85.6 Å². The average Bonchev–Trinajstić information content (AvgIpc) is 3.15. The van der Waals surface area contributed by atoms with Crippen LogP contribution >= 0.6 is 11.3 Å². The van der Waals surface area contributed by atoms with E-state index in [0.29, 0.717) is 26.2 Å². The number of nitrogens with one attached hydrogen (secondary N) is 1. The number of carbonyl (C=O) groups excluding carboxylic acids is 2. The van der Waals surface area contributed by atoms with E-state index in [1.165, 1.54) is 24.5 Å². The second-order valence-corrected chi connectivity index (χ2v) is 7.29. The highest BCUT2D eigenvalue weighted by molar-refractivity contribution is 7.21. The Morgan fingerprint density at radius 3 is 2.64 bits per heavy atom. The first-order valence-corrected chi connectivity index (χ1v) is 9.25. The smallest absolute Gasteiger partial charge is 0.345 e.